The zero-order chi connectivity index (χ0) is 11.8. The average molecular weight is 223 g/mol. The van der Waals surface area contributed by atoms with Gasteiger partial charge in [-0.2, -0.15) is 0 Å². The maximum Gasteiger partial charge on any atom is 0.166 e. The van der Waals surface area contributed by atoms with Gasteiger partial charge in [-0.25, -0.2) is 0 Å². The minimum Gasteiger partial charge on any atom is -0.504 e. The third kappa shape index (κ3) is 3.55. The highest BCUT2D eigenvalue weighted by Gasteiger charge is 2.03. The van der Waals surface area contributed by atoms with Gasteiger partial charge in [-0.1, -0.05) is 6.07 Å². The molecule has 1 aromatic rings. The summed E-state index contributed by atoms with van der Waals surface area (Å²) in [5, 5.41) is 9.74. The second kappa shape index (κ2) is 6.85. The molecular weight excluding hydrogens is 206 g/mol. The van der Waals surface area contributed by atoms with Crippen LogP contribution in [-0.2, 0) is 4.74 Å². The number of methoxy groups -OCH3 is 1. The summed E-state index contributed by atoms with van der Waals surface area (Å²) in [5.74, 6) is 0.568. The predicted octanol–water partition coefficient (Wildman–Crippen LogP) is 1.86. The van der Waals surface area contributed by atoms with Crippen molar-refractivity contribution >= 4 is 6.21 Å². The molecule has 16 heavy (non-hydrogen) atoms. The van der Waals surface area contributed by atoms with E-state index >= 15 is 0 Å². The fourth-order valence-corrected chi connectivity index (χ4v) is 1.23. The largest absolute Gasteiger partial charge is 0.504 e. The number of phenolic OH excluding ortho intramolecular Hbond substituents is 1. The molecule has 0 bridgehead atoms. The Labute approximate surface area is 95.5 Å². The van der Waals surface area contributed by atoms with Gasteiger partial charge in [0.15, 0.2) is 11.5 Å². The first-order chi connectivity index (χ1) is 7.79. The number of hydrogen-bond acceptors (Lipinski definition) is 4. The fraction of sp³-hybridized carbons (Fsp3) is 0.417. The number of ether oxygens (including phenoxy) is 2. The van der Waals surface area contributed by atoms with E-state index in [0.29, 0.717) is 31.1 Å². The number of benzene rings is 1. The van der Waals surface area contributed by atoms with Gasteiger partial charge in [0.1, 0.15) is 0 Å². The van der Waals surface area contributed by atoms with Crippen molar-refractivity contribution in [2.45, 2.75) is 6.92 Å². The number of aliphatic imine (C=N–C) groups is 1. The van der Waals surface area contributed by atoms with Crippen molar-refractivity contribution in [2.24, 2.45) is 4.99 Å². The quantitative estimate of drug-likeness (QED) is 0.591. The molecule has 88 valence electrons. The molecule has 0 aromatic heterocycles. The van der Waals surface area contributed by atoms with E-state index in [9.17, 15) is 5.11 Å². The highest BCUT2D eigenvalue weighted by molar-refractivity contribution is 5.84. The zero-order valence-corrected chi connectivity index (χ0v) is 9.64. The normalized spacial score (nSPS) is 10.9. The Morgan fingerprint density at radius 2 is 2.25 bits per heavy atom. The molecule has 0 saturated heterocycles. The predicted molar refractivity (Wildman–Crippen MR) is 63.6 cm³/mol. The molecule has 0 amide bonds. The SMILES string of the molecule is CCOCCN=Cc1cccc(OC)c1O. The van der Waals surface area contributed by atoms with Crippen LogP contribution in [0.5, 0.6) is 11.5 Å². The molecule has 4 heteroatoms. The molecule has 1 aromatic carbocycles. The van der Waals surface area contributed by atoms with Gasteiger partial charge < -0.3 is 14.6 Å². The van der Waals surface area contributed by atoms with Crippen LogP contribution in [0.2, 0.25) is 0 Å². The van der Waals surface area contributed by atoms with E-state index in [-0.39, 0.29) is 5.75 Å². The summed E-state index contributed by atoms with van der Waals surface area (Å²) in [6, 6.07) is 5.29. The smallest absolute Gasteiger partial charge is 0.166 e. The molecule has 0 radical (unpaired) electrons. The van der Waals surface area contributed by atoms with Gasteiger partial charge in [-0.15, -0.1) is 0 Å². The van der Waals surface area contributed by atoms with Crippen molar-refractivity contribution in [3.8, 4) is 11.5 Å². The van der Waals surface area contributed by atoms with E-state index in [1.807, 2.05) is 13.0 Å². The van der Waals surface area contributed by atoms with Crippen molar-refractivity contribution in [1.29, 1.82) is 0 Å². The van der Waals surface area contributed by atoms with Crippen LogP contribution >= 0.6 is 0 Å². The fourth-order valence-electron chi connectivity index (χ4n) is 1.23. The first-order valence-corrected chi connectivity index (χ1v) is 5.23. The molecular formula is C12H17NO3. The van der Waals surface area contributed by atoms with Gasteiger partial charge in [-0.3, -0.25) is 4.99 Å². The van der Waals surface area contributed by atoms with Crippen LogP contribution in [0.1, 0.15) is 12.5 Å². The lowest BCUT2D eigenvalue weighted by atomic mass is 10.2. The molecule has 0 heterocycles. The lowest BCUT2D eigenvalue weighted by molar-refractivity contribution is 0.156. The van der Waals surface area contributed by atoms with Crippen LogP contribution < -0.4 is 4.74 Å². The van der Waals surface area contributed by atoms with Gasteiger partial charge in [-0.05, 0) is 19.1 Å². The monoisotopic (exact) mass is 223 g/mol. The van der Waals surface area contributed by atoms with Gasteiger partial charge in [0.25, 0.3) is 0 Å². The Morgan fingerprint density at radius 1 is 1.44 bits per heavy atom. The lowest BCUT2D eigenvalue weighted by Gasteiger charge is -2.04. The Hall–Kier alpha value is -1.55. The highest BCUT2D eigenvalue weighted by Crippen LogP contribution is 2.27. The van der Waals surface area contributed by atoms with Crippen molar-refractivity contribution in [3.63, 3.8) is 0 Å². The number of hydrogen-bond donors (Lipinski definition) is 1. The van der Waals surface area contributed by atoms with Crippen molar-refractivity contribution in [1.82, 2.24) is 0 Å². The van der Waals surface area contributed by atoms with Gasteiger partial charge >= 0.3 is 0 Å². The summed E-state index contributed by atoms with van der Waals surface area (Å²) in [6.45, 7) is 3.82. The summed E-state index contributed by atoms with van der Waals surface area (Å²) in [5.41, 5.74) is 0.649. The molecule has 0 fully saturated rings. The first kappa shape index (κ1) is 12.5. The number of phenols is 1. The topological polar surface area (TPSA) is 51.0 Å². The van der Waals surface area contributed by atoms with E-state index < -0.39 is 0 Å². The molecule has 1 N–H and O–H groups in total. The molecule has 0 atom stereocenters. The molecule has 0 saturated carbocycles. The van der Waals surface area contributed by atoms with Crippen molar-refractivity contribution in [3.05, 3.63) is 23.8 Å². The minimum absolute atomic E-state index is 0.116. The number of nitrogens with zero attached hydrogens (tertiary/aromatic N) is 1. The van der Waals surface area contributed by atoms with Crippen LogP contribution in [-0.4, -0.2) is 38.2 Å². The summed E-state index contributed by atoms with van der Waals surface area (Å²) in [6.07, 6.45) is 1.62. The van der Waals surface area contributed by atoms with Gasteiger partial charge in [0.05, 0.1) is 20.3 Å². The van der Waals surface area contributed by atoms with E-state index in [1.165, 1.54) is 7.11 Å². The maximum atomic E-state index is 9.74. The number of para-hydroxylation sites is 1. The maximum absolute atomic E-state index is 9.74. The molecule has 0 aliphatic rings. The van der Waals surface area contributed by atoms with E-state index in [2.05, 4.69) is 4.99 Å². The van der Waals surface area contributed by atoms with Crippen LogP contribution in [0.3, 0.4) is 0 Å². The average Bonchev–Trinajstić information content (AvgIpc) is 2.31. The van der Waals surface area contributed by atoms with Crippen molar-refractivity contribution < 1.29 is 14.6 Å². The molecule has 0 spiro atoms. The standard InChI is InChI=1S/C12H17NO3/c1-3-16-8-7-13-9-10-5-4-6-11(15-2)12(10)14/h4-6,9,14H,3,7-8H2,1-2H3. The molecule has 1 rings (SSSR count). The lowest BCUT2D eigenvalue weighted by Crippen LogP contribution is -1.97. The van der Waals surface area contributed by atoms with E-state index in [0.717, 1.165) is 0 Å². The third-order valence-corrected chi connectivity index (χ3v) is 2.05. The second-order valence-electron chi connectivity index (χ2n) is 3.13. The number of aromatic hydroxyl groups is 1. The Morgan fingerprint density at radius 3 is 2.94 bits per heavy atom. The Balaban J connectivity index is 2.59. The van der Waals surface area contributed by atoms with Crippen LogP contribution in [0.4, 0.5) is 0 Å². The summed E-state index contributed by atoms with van der Waals surface area (Å²) < 4.78 is 10.1. The molecule has 0 aliphatic carbocycles. The summed E-state index contributed by atoms with van der Waals surface area (Å²) >= 11 is 0. The van der Waals surface area contributed by atoms with E-state index in [4.69, 9.17) is 9.47 Å². The summed E-state index contributed by atoms with van der Waals surface area (Å²) in [7, 11) is 1.52. The second-order valence-corrected chi connectivity index (χ2v) is 3.13. The van der Waals surface area contributed by atoms with Crippen molar-refractivity contribution in [2.75, 3.05) is 26.9 Å². The number of rotatable bonds is 6. The third-order valence-electron chi connectivity index (χ3n) is 2.05. The summed E-state index contributed by atoms with van der Waals surface area (Å²) in [4.78, 5) is 4.15. The molecule has 4 nitrogen and oxygen atoms in total. The first-order valence-electron chi connectivity index (χ1n) is 5.23. The van der Waals surface area contributed by atoms with Crippen LogP contribution in [0.25, 0.3) is 0 Å². The van der Waals surface area contributed by atoms with Gasteiger partial charge in [0, 0.05) is 18.4 Å². The highest BCUT2D eigenvalue weighted by atomic mass is 16.5. The zero-order valence-electron chi connectivity index (χ0n) is 9.64. The minimum atomic E-state index is 0.116. The Bertz CT molecular complexity index is 350. The van der Waals surface area contributed by atoms with Crippen LogP contribution in [0.15, 0.2) is 23.2 Å². The van der Waals surface area contributed by atoms with Gasteiger partial charge in [0.2, 0.25) is 0 Å². The van der Waals surface area contributed by atoms with Crippen LogP contribution in [0, 0.1) is 0 Å². The molecule has 0 unspecified atom stereocenters. The molecule has 0 aliphatic heterocycles. The van der Waals surface area contributed by atoms with E-state index in [1.54, 1.807) is 18.3 Å². The Kier molecular flexibility index (Phi) is 5.36.